The second-order valence-electron chi connectivity index (χ2n) is 6.23. The van der Waals surface area contributed by atoms with E-state index in [0.717, 1.165) is 21.4 Å². The van der Waals surface area contributed by atoms with E-state index >= 15 is 0 Å². The van der Waals surface area contributed by atoms with Crippen LogP contribution in [-0.2, 0) is 0 Å². The van der Waals surface area contributed by atoms with Crippen molar-refractivity contribution in [2.24, 2.45) is 4.99 Å². The van der Waals surface area contributed by atoms with Crippen LogP contribution in [0.15, 0.2) is 82.3 Å². The molecule has 0 aliphatic heterocycles. The highest BCUT2D eigenvalue weighted by Gasteiger charge is 2.12. The first-order chi connectivity index (χ1) is 14.0. The third-order valence-corrected chi connectivity index (χ3v) is 5.26. The van der Waals surface area contributed by atoms with E-state index in [0.29, 0.717) is 16.4 Å². The van der Waals surface area contributed by atoms with Gasteiger partial charge in [-0.2, -0.15) is 5.10 Å². The Morgan fingerprint density at radius 3 is 2.41 bits per heavy atom. The minimum Gasteiger partial charge on any atom is -0.506 e. The van der Waals surface area contributed by atoms with Crippen molar-refractivity contribution in [3.63, 3.8) is 0 Å². The molecule has 0 spiro atoms. The van der Waals surface area contributed by atoms with E-state index in [9.17, 15) is 5.11 Å². The van der Waals surface area contributed by atoms with Crippen molar-refractivity contribution in [1.82, 2.24) is 9.78 Å². The number of aromatic hydroxyl groups is 1. The first kappa shape index (κ1) is 19.7. The Morgan fingerprint density at radius 1 is 0.966 bits per heavy atom. The number of rotatable bonds is 4. The average Bonchev–Trinajstić information content (AvgIpc) is 3.15. The molecule has 1 heterocycles. The van der Waals surface area contributed by atoms with Crippen molar-refractivity contribution >= 4 is 51.2 Å². The number of halogens is 3. The molecule has 3 aromatic carbocycles. The van der Waals surface area contributed by atoms with E-state index in [1.54, 1.807) is 10.7 Å². The van der Waals surface area contributed by atoms with Crippen molar-refractivity contribution in [1.29, 1.82) is 0 Å². The molecule has 4 aromatic rings. The van der Waals surface area contributed by atoms with Crippen LogP contribution in [0.2, 0.25) is 10.0 Å². The Balaban J connectivity index is 1.80. The molecule has 0 aliphatic carbocycles. The predicted octanol–water partition coefficient (Wildman–Crippen LogP) is 7.06. The Bertz CT molecular complexity index is 1190. The molecule has 0 bridgehead atoms. The Kier molecular flexibility index (Phi) is 5.72. The number of aromatic nitrogens is 2. The molecule has 0 unspecified atom stereocenters. The molecule has 1 aromatic heterocycles. The van der Waals surface area contributed by atoms with E-state index in [-0.39, 0.29) is 10.8 Å². The van der Waals surface area contributed by atoms with Crippen LogP contribution in [-0.4, -0.2) is 21.1 Å². The zero-order valence-electron chi connectivity index (χ0n) is 14.9. The molecule has 0 amide bonds. The first-order valence-electron chi connectivity index (χ1n) is 8.65. The lowest BCUT2D eigenvalue weighted by Crippen LogP contribution is -1.96. The summed E-state index contributed by atoms with van der Waals surface area (Å²) >= 11 is 15.5. The van der Waals surface area contributed by atoms with Gasteiger partial charge in [0.25, 0.3) is 0 Å². The molecule has 0 aliphatic rings. The van der Waals surface area contributed by atoms with Crippen molar-refractivity contribution in [2.75, 3.05) is 0 Å². The summed E-state index contributed by atoms with van der Waals surface area (Å²) in [5, 5.41) is 15.5. The van der Waals surface area contributed by atoms with Crippen LogP contribution in [0, 0.1) is 0 Å². The minimum atomic E-state index is -0.0706. The van der Waals surface area contributed by atoms with Crippen LogP contribution in [0.4, 0.5) is 5.82 Å². The van der Waals surface area contributed by atoms with Gasteiger partial charge in [0.15, 0.2) is 5.82 Å². The summed E-state index contributed by atoms with van der Waals surface area (Å²) in [5.74, 6) is 0.531. The molecule has 7 heteroatoms. The number of para-hydroxylation sites is 1. The molecule has 0 atom stereocenters. The van der Waals surface area contributed by atoms with Gasteiger partial charge in [-0.05, 0) is 36.4 Å². The predicted molar refractivity (Wildman–Crippen MR) is 122 cm³/mol. The maximum absolute atomic E-state index is 10.2. The third kappa shape index (κ3) is 4.37. The van der Waals surface area contributed by atoms with Crippen LogP contribution in [0.25, 0.3) is 16.9 Å². The lowest BCUT2D eigenvalue weighted by molar-refractivity contribution is 0.475. The number of nitrogens with zero attached hydrogens (tertiary/aromatic N) is 3. The van der Waals surface area contributed by atoms with Gasteiger partial charge in [0.1, 0.15) is 5.75 Å². The van der Waals surface area contributed by atoms with Crippen LogP contribution in [0.5, 0.6) is 5.75 Å². The van der Waals surface area contributed by atoms with Gasteiger partial charge in [0.05, 0.1) is 16.4 Å². The van der Waals surface area contributed by atoms with Crippen LogP contribution in [0.3, 0.4) is 0 Å². The van der Waals surface area contributed by atoms with Crippen LogP contribution < -0.4 is 0 Å². The molecule has 0 saturated heterocycles. The number of hydrogen-bond acceptors (Lipinski definition) is 3. The van der Waals surface area contributed by atoms with Gasteiger partial charge in [-0.3, -0.25) is 0 Å². The first-order valence-corrected chi connectivity index (χ1v) is 10.2. The van der Waals surface area contributed by atoms with Gasteiger partial charge < -0.3 is 5.11 Å². The fraction of sp³-hybridized carbons (Fsp3) is 0. The Labute approximate surface area is 186 Å². The van der Waals surface area contributed by atoms with Gasteiger partial charge in [-0.15, -0.1) is 0 Å². The molecule has 29 heavy (non-hydrogen) atoms. The van der Waals surface area contributed by atoms with Crippen molar-refractivity contribution < 1.29 is 5.11 Å². The van der Waals surface area contributed by atoms with Crippen molar-refractivity contribution in [2.45, 2.75) is 0 Å². The number of benzene rings is 3. The summed E-state index contributed by atoms with van der Waals surface area (Å²) < 4.78 is 2.74. The molecule has 0 saturated carbocycles. The van der Waals surface area contributed by atoms with Crippen molar-refractivity contribution in [3.05, 3.63) is 92.9 Å². The number of hydrogen-bond donors (Lipinski definition) is 1. The highest BCUT2D eigenvalue weighted by Crippen LogP contribution is 2.31. The summed E-state index contributed by atoms with van der Waals surface area (Å²) in [6.45, 7) is 0. The van der Waals surface area contributed by atoms with Gasteiger partial charge >= 0.3 is 0 Å². The van der Waals surface area contributed by atoms with E-state index in [1.165, 1.54) is 12.3 Å². The summed E-state index contributed by atoms with van der Waals surface area (Å²) in [5.41, 5.74) is 3.04. The van der Waals surface area contributed by atoms with Crippen LogP contribution in [0.1, 0.15) is 5.56 Å². The fourth-order valence-electron chi connectivity index (χ4n) is 2.80. The Hall–Kier alpha value is -2.60. The highest BCUT2D eigenvalue weighted by molar-refractivity contribution is 9.10. The number of phenolic OH excluding ortho intramolecular Hbond substituents is 1. The normalized spacial score (nSPS) is 11.3. The van der Waals surface area contributed by atoms with E-state index in [1.807, 2.05) is 60.7 Å². The minimum absolute atomic E-state index is 0.0706. The SMILES string of the molecule is Oc1c(Cl)cc(Cl)cc1C=Nc1cc(-c2ccc(Br)cc2)nn1-c1ccccc1. The number of phenols is 1. The molecule has 1 N–H and O–H groups in total. The molecule has 144 valence electrons. The van der Waals surface area contributed by atoms with E-state index in [4.69, 9.17) is 28.3 Å². The topological polar surface area (TPSA) is 50.4 Å². The Morgan fingerprint density at radius 2 is 1.69 bits per heavy atom. The second-order valence-corrected chi connectivity index (χ2v) is 7.98. The molecule has 0 fully saturated rings. The summed E-state index contributed by atoms with van der Waals surface area (Å²) in [6, 6.07) is 22.6. The zero-order valence-corrected chi connectivity index (χ0v) is 18.0. The maximum Gasteiger partial charge on any atom is 0.156 e. The second kappa shape index (κ2) is 8.41. The number of aliphatic imine (C=N–C) groups is 1. The quantitative estimate of drug-likeness (QED) is 0.314. The van der Waals surface area contributed by atoms with Crippen molar-refractivity contribution in [3.8, 4) is 22.7 Å². The van der Waals surface area contributed by atoms with Gasteiger partial charge in [0.2, 0.25) is 0 Å². The van der Waals surface area contributed by atoms with Gasteiger partial charge in [-0.25, -0.2) is 9.67 Å². The molecular weight excluding hydrogens is 473 g/mol. The lowest BCUT2D eigenvalue weighted by atomic mass is 10.1. The standard InChI is InChI=1S/C22H14BrCl2N3O/c23-16-8-6-14(7-9-16)20-12-21(28(27-20)18-4-2-1-3-5-18)26-13-15-10-17(24)11-19(25)22(15)29/h1-13,29H. The highest BCUT2D eigenvalue weighted by atomic mass is 79.9. The van der Waals surface area contributed by atoms with Gasteiger partial charge in [-0.1, -0.05) is 69.5 Å². The lowest BCUT2D eigenvalue weighted by Gasteiger charge is -2.04. The summed E-state index contributed by atoms with van der Waals surface area (Å²) in [4.78, 5) is 4.55. The summed E-state index contributed by atoms with van der Waals surface area (Å²) in [7, 11) is 0. The molecule has 4 rings (SSSR count). The largest absolute Gasteiger partial charge is 0.506 e. The molecule has 0 radical (unpaired) electrons. The van der Waals surface area contributed by atoms with E-state index in [2.05, 4.69) is 20.9 Å². The molecule has 4 nitrogen and oxygen atoms in total. The monoisotopic (exact) mass is 485 g/mol. The third-order valence-electron chi connectivity index (χ3n) is 4.22. The van der Waals surface area contributed by atoms with Gasteiger partial charge in [0, 0.05) is 32.9 Å². The maximum atomic E-state index is 10.2. The summed E-state index contributed by atoms with van der Waals surface area (Å²) in [6.07, 6.45) is 1.52. The zero-order chi connectivity index (χ0) is 20.4. The average molecular weight is 487 g/mol. The van der Waals surface area contributed by atoms with Crippen LogP contribution >= 0.6 is 39.1 Å². The fourth-order valence-corrected chi connectivity index (χ4v) is 3.58. The smallest absolute Gasteiger partial charge is 0.156 e. The van der Waals surface area contributed by atoms with E-state index < -0.39 is 0 Å². The molecular formula is C22H14BrCl2N3O.